The lowest BCUT2D eigenvalue weighted by molar-refractivity contribution is -0.124. The number of imide groups is 1. The molecule has 0 aromatic rings. The molecule has 14 heavy (non-hydrogen) atoms. The summed E-state index contributed by atoms with van der Waals surface area (Å²) >= 11 is 0. The van der Waals surface area contributed by atoms with Crippen molar-refractivity contribution in [1.29, 1.82) is 0 Å². The molecule has 76 valence electrons. The van der Waals surface area contributed by atoms with Gasteiger partial charge in [-0.05, 0) is 19.8 Å². The maximum atomic E-state index is 11.4. The van der Waals surface area contributed by atoms with E-state index in [1.807, 2.05) is 6.92 Å². The van der Waals surface area contributed by atoms with Crippen LogP contribution >= 0.6 is 0 Å². The smallest absolute Gasteiger partial charge is 0.254 e. The van der Waals surface area contributed by atoms with Crippen LogP contribution in [0.1, 0.15) is 26.2 Å². The van der Waals surface area contributed by atoms with Crippen LogP contribution in [0.5, 0.6) is 0 Å². The van der Waals surface area contributed by atoms with E-state index in [1.54, 1.807) is 0 Å². The van der Waals surface area contributed by atoms with Crippen molar-refractivity contribution in [3.05, 3.63) is 11.1 Å². The average molecular weight is 195 g/mol. The van der Waals surface area contributed by atoms with Gasteiger partial charge in [0, 0.05) is 5.57 Å². The van der Waals surface area contributed by atoms with Crippen LogP contribution in [0.25, 0.3) is 0 Å². The lowest BCUT2D eigenvalue weighted by Crippen LogP contribution is -2.22. The Bertz CT molecular complexity index is 319. The van der Waals surface area contributed by atoms with Crippen LogP contribution in [-0.4, -0.2) is 24.5 Å². The topological polar surface area (TPSA) is 55.4 Å². The second-order valence-electron chi connectivity index (χ2n) is 3.77. The van der Waals surface area contributed by atoms with E-state index in [0.717, 1.165) is 18.4 Å². The van der Waals surface area contributed by atoms with Crippen molar-refractivity contribution >= 4 is 11.8 Å². The fraction of sp³-hybridized carbons (Fsp3) is 0.600. The summed E-state index contributed by atoms with van der Waals surface area (Å²) in [5.41, 5.74) is 1.76. The van der Waals surface area contributed by atoms with Gasteiger partial charge in [-0.15, -0.1) is 0 Å². The highest BCUT2D eigenvalue weighted by molar-refractivity contribution is 6.13. The van der Waals surface area contributed by atoms with Crippen LogP contribution in [0.4, 0.5) is 0 Å². The quantitative estimate of drug-likeness (QED) is 0.453. The highest BCUT2D eigenvalue weighted by Crippen LogP contribution is 2.26. The van der Waals surface area contributed by atoms with Crippen LogP contribution < -0.4 is 5.32 Å². The SMILES string of the molecule is CC1CC(=C2CC(=O)NC2=O)CCO1. The van der Waals surface area contributed by atoms with Crippen LogP contribution in [0.3, 0.4) is 0 Å². The number of nitrogens with one attached hydrogen (secondary N) is 1. The van der Waals surface area contributed by atoms with Gasteiger partial charge in [0.15, 0.2) is 0 Å². The van der Waals surface area contributed by atoms with Crippen molar-refractivity contribution < 1.29 is 14.3 Å². The van der Waals surface area contributed by atoms with Crippen LogP contribution in [-0.2, 0) is 14.3 Å². The van der Waals surface area contributed by atoms with E-state index in [4.69, 9.17) is 4.74 Å². The van der Waals surface area contributed by atoms with E-state index >= 15 is 0 Å². The molecule has 0 bridgehead atoms. The maximum absolute atomic E-state index is 11.4. The van der Waals surface area contributed by atoms with Crippen molar-refractivity contribution in [2.24, 2.45) is 0 Å². The summed E-state index contributed by atoms with van der Waals surface area (Å²) in [5, 5.41) is 2.30. The first kappa shape index (κ1) is 9.40. The summed E-state index contributed by atoms with van der Waals surface area (Å²) in [6.45, 7) is 2.63. The zero-order valence-corrected chi connectivity index (χ0v) is 8.13. The molecule has 0 saturated carbocycles. The maximum Gasteiger partial charge on any atom is 0.254 e. The van der Waals surface area contributed by atoms with Gasteiger partial charge in [0.05, 0.1) is 19.1 Å². The van der Waals surface area contributed by atoms with Crippen LogP contribution in [0.2, 0.25) is 0 Å². The Morgan fingerprint density at radius 3 is 2.79 bits per heavy atom. The Morgan fingerprint density at radius 1 is 1.43 bits per heavy atom. The lowest BCUT2D eigenvalue weighted by Gasteiger charge is -2.22. The molecule has 0 aromatic carbocycles. The number of carbonyl (C=O) groups excluding carboxylic acids is 2. The number of hydrogen-bond donors (Lipinski definition) is 1. The summed E-state index contributed by atoms with van der Waals surface area (Å²) in [6.07, 6.45) is 1.96. The Kier molecular flexibility index (Phi) is 2.37. The van der Waals surface area contributed by atoms with Gasteiger partial charge in [-0.3, -0.25) is 14.9 Å². The molecule has 2 amide bonds. The highest BCUT2D eigenvalue weighted by atomic mass is 16.5. The first-order valence-electron chi connectivity index (χ1n) is 4.83. The van der Waals surface area contributed by atoms with E-state index in [9.17, 15) is 9.59 Å². The van der Waals surface area contributed by atoms with Gasteiger partial charge in [-0.2, -0.15) is 0 Å². The summed E-state index contributed by atoms with van der Waals surface area (Å²) in [6, 6.07) is 0. The molecular formula is C10H13NO3. The van der Waals surface area contributed by atoms with Gasteiger partial charge in [0.25, 0.3) is 5.91 Å². The second-order valence-corrected chi connectivity index (χ2v) is 3.77. The third-order valence-corrected chi connectivity index (χ3v) is 2.63. The van der Waals surface area contributed by atoms with Crippen molar-refractivity contribution in [3.63, 3.8) is 0 Å². The summed E-state index contributed by atoms with van der Waals surface area (Å²) in [4.78, 5) is 22.4. The molecule has 2 rings (SSSR count). The fourth-order valence-electron chi connectivity index (χ4n) is 1.94. The third kappa shape index (κ3) is 1.70. The summed E-state index contributed by atoms with van der Waals surface area (Å²) < 4.78 is 5.38. The van der Waals surface area contributed by atoms with E-state index in [0.29, 0.717) is 12.2 Å². The molecule has 2 aliphatic heterocycles. The Morgan fingerprint density at radius 2 is 2.21 bits per heavy atom. The number of carbonyl (C=O) groups is 2. The van der Waals surface area contributed by atoms with Gasteiger partial charge in [-0.1, -0.05) is 5.57 Å². The highest BCUT2D eigenvalue weighted by Gasteiger charge is 2.28. The van der Waals surface area contributed by atoms with Crippen molar-refractivity contribution in [2.75, 3.05) is 6.61 Å². The lowest BCUT2D eigenvalue weighted by atomic mass is 9.96. The molecule has 2 saturated heterocycles. The first-order valence-corrected chi connectivity index (χ1v) is 4.83. The van der Waals surface area contributed by atoms with Crippen molar-refractivity contribution in [3.8, 4) is 0 Å². The zero-order chi connectivity index (χ0) is 10.1. The first-order chi connectivity index (χ1) is 6.66. The predicted octanol–water partition coefficient (Wildman–Crippen LogP) is 0.528. The molecule has 1 atom stereocenters. The second kappa shape index (κ2) is 3.53. The minimum atomic E-state index is -0.209. The van der Waals surface area contributed by atoms with E-state index in [1.165, 1.54) is 0 Å². The Balaban J connectivity index is 2.21. The van der Waals surface area contributed by atoms with E-state index in [-0.39, 0.29) is 24.3 Å². The molecular weight excluding hydrogens is 182 g/mol. The van der Waals surface area contributed by atoms with Crippen LogP contribution in [0.15, 0.2) is 11.1 Å². The molecule has 4 nitrogen and oxygen atoms in total. The normalized spacial score (nSPS) is 33.4. The van der Waals surface area contributed by atoms with Crippen molar-refractivity contribution in [1.82, 2.24) is 5.32 Å². The molecule has 0 aliphatic carbocycles. The molecule has 2 fully saturated rings. The number of rotatable bonds is 0. The number of ether oxygens (including phenoxy) is 1. The molecule has 0 spiro atoms. The molecule has 0 radical (unpaired) electrons. The standard InChI is InChI=1S/C10H13NO3/c1-6-4-7(2-3-14-6)8-5-9(12)11-10(8)13/h6H,2-5H2,1H3,(H,11,12,13). The van der Waals surface area contributed by atoms with Gasteiger partial charge >= 0.3 is 0 Å². The van der Waals surface area contributed by atoms with E-state index < -0.39 is 0 Å². The largest absolute Gasteiger partial charge is 0.378 e. The fourth-order valence-corrected chi connectivity index (χ4v) is 1.94. The third-order valence-electron chi connectivity index (χ3n) is 2.63. The molecule has 1 unspecified atom stereocenters. The van der Waals surface area contributed by atoms with Gasteiger partial charge in [-0.25, -0.2) is 0 Å². The van der Waals surface area contributed by atoms with Gasteiger partial charge < -0.3 is 4.74 Å². The van der Waals surface area contributed by atoms with E-state index in [2.05, 4.69) is 5.32 Å². The molecule has 2 aliphatic rings. The van der Waals surface area contributed by atoms with Crippen LogP contribution in [0, 0.1) is 0 Å². The number of amides is 2. The Hall–Kier alpha value is -1.16. The number of hydrogen-bond acceptors (Lipinski definition) is 3. The Labute approximate surface area is 82.3 Å². The molecule has 2 heterocycles. The molecule has 4 heteroatoms. The summed E-state index contributed by atoms with van der Waals surface area (Å²) in [5.74, 6) is -0.393. The van der Waals surface area contributed by atoms with Gasteiger partial charge in [0.1, 0.15) is 0 Å². The predicted molar refractivity (Wildman–Crippen MR) is 49.4 cm³/mol. The monoisotopic (exact) mass is 195 g/mol. The van der Waals surface area contributed by atoms with Crippen molar-refractivity contribution in [2.45, 2.75) is 32.3 Å². The molecule has 1 N–H and O–H groups in total. The average Bonchev–Trinajstić information content (AvgIpc) is 2.45. The van der Waals surface area contributed by atoms with Gasteiger partial charge in [0.2, 0.25) is 5.91 Å². The summed E-state index contributed by atoms with van der Waals surface area (Å²) in [7, 11) is 0. The minimum absolute atomic E-state index is 0.162. The zero-order valence-electron chi connectivity index (χ0n) is 8.13. The molecule has 0 aromatic heterocycles. The minimum Gasteiger partial charge on any atom is -0.378 e.